The molecule has 1 saturated heterocycles. The molecule has 0 radical (unpaired) electrons. The molecular weight excluding hydrogens is 466 g/mol. The van der Waals surface area contributed by atoms with Gasteiger partial charge in [-0.25, -0.2) is 4.79 Å². The highest BCUT2D eigenvalue weighted by Crippen LogP contribution is 2.26. The lowest BCUT2D eigenvalue weighted by molar-refractivity contribution is -0.151. The van der Waals surface area contributed by atoms with Crippen LogP contribution >= 0.6 is 0 Å². The molecule has 1 heterocycles. The Kier molecular flexibility index (Phi) is 9.15. The molecule has 36 heavy (non-hydrogen) atoms. The van der Waals surface area contributed by atoms with E-state index in [0.717, 1.165) is 12.8 Å². The minimum atomic E-state index is -0.707. The maximum absolute atomic E-state index is 12.5. The highest BCUT2D eigenvalue weighted by Gasteiger charge is 2.36. The van der Waals surface area contributed by atoms with Gasteiger partial charge in [-0.2, -0.15) is 0 Å². The van der Waals surface area contributed by atoms with Crippen LogP contribution in [0, 0.1) is 5.92 Å². The zero-order valence-corrected chi connectivity index (χ0v) is 20.2. The number of anilines is 3. The summed E-state index contributed by atoms with van der Waals surface area (Å²) in [6, 6.07) is 12.9. The van der Waals surface area contributed by atoms with E-state index < -0.39 is 30.4 Å². The largest absolute Gasteiger partial charge is 0.462 e. The summed E-state index contributed by atoms with van der Waals surface area (Å²) in [4.78, 5) is 61.6. The molecule has 190 valence electrons. The first-order valence-electron chi connectivity index (χ1n) is 11.7. The first-order chi connectivity index (χ1) is 17.3. The van der Waals surface area contributed by atoms with E-state index in [1.165, 1.54) is 11.8 Å². The third-order valence-electron chi connectivity index (χ3n) is 5.44. The summed E-state index contributed by atoms with van der Waals surface area (Å²) in [5.74, 6) is -2.76. The van der Waals surface area contributed by atoms with Gasteiger partial charge in [0, 0.05) is 37.0 Å². The number of benzene rings is 2. The number of rotatable bonds is 10. The number of carbonyl (C=O) groups excluding carboxylic acids is 5. The molecule has 2 N–H and O–H groups in total. The van der Waals surface area contributed by atoms with Gasteiger partial charge in [0.05, 0.1) is 18.1 Å². The van der Waals surface area contributed by atoms with Crippen molar-refractivity contribution < 1.29 is 33.4 Å². The molecule has 3 amide bonds. The van der Waals surface area contributed by atoms with Crippen LogP contribution in [0.5, 0.6) is 0 Å². The average molecular weight is 496 g/mol. The van der Waals surface area contributed by atoms with Crippen molar-refractivity contribution in [3.8, 4) is 0 Å². The molecule has 3 rings (SSSR count). The number of esters is 2. The van der Waals surface area contributed by atoms with E-state index in [4.69, 9.17) is 9.47 Å². The van der Waals surface area contributed by atoms with Crippen molar-refractivity contribution >= 4 is 46.7 Å². The second-order valence-electron chi connectivity index (χ2n) is 8.36. The summed E-state index contributed by atoms with van der Waals surface area (Å²) < 4.78 is 10.3. The van der Waals surface area contributed by atoms with Crippen molar-refractivity contribution in [1.29, 1.82) is 0 Å². The van der Waals surface area contributed by atoms with Crippen molar-refractivity contribution in [2.24, 2.45) is 5.92 Å². The highest BCUT2D eigenvalue weighted by atomic mass is 16.5. The molecular formula is C26H29N3O7. The van der Waals surface area contributed by atoms with Gasteiger partial charge in [0.25, 0.3) is 5.91 Å². The number of ether oxygens (including phenoxy) is 2. The second kappa shape index (κ2) is 12.5. The predicted molar refractivity (Wildman–Crippen MR) is 132 cm³/mol. The number of unbranched alkanes of at least 4 members (excludes halogenated alkanes) is 1. The van der Waals surface area contributed by atoms with Gasteiger partial charge in [0.2, 0.25) is 11.8 Å². The fourth-order valence-corrected chi connectivity index (χ4v) is 3.58. The number of amides is 3. The van der Waals surface area contributed by atoms with Gasteiger partial charge in [0.1, 0.15) is 0 Å². The summed E-state index contributed by atoms with van der Waals surface area (Å²) in [7, 11) is 0. The Balaban J connectivity index is 1.47. The summed E-state index contributed by atoms with van der Waals surface area (Å²) in [6.45, 7) is 3.37. The van der Waals surface area contributed by atoms with Crippen LogP contribution in [-0.2, 0) is 28.7 Å². The normalized spacial score (nSPS) is 14.8. The molecule has 2 aromatic carbocycles. The van der Waals surface area contributed by atoms with Crippen LogP contribution < -0.4 is 15.5 Å². The topological polar surface area (TPSA) is 131 Å². The monoisotopic (exact) mass is 495 g/mol. The fourth-order valence-electron chi connectivity index (χ4n) is 3.58. The van der Waals surface area contributed by atoms with Gasteiger partial charge in [0.15, 0.2) is 6.61 Å². The Labute approximate surface area is 208 Å². The first kappa shape index (κ1) is 26.4. The maximum Gasteiger partial charge on any atom is 0.338 e. The third kappa shape index (κ3) is 7.39. The van der Waals surface area contributed by atoms with Crippen molar-refractivity contribution in [2.45, 2.75) is 33.1 Å². The minimum absolute atomic E-state index is 0.0358. The molecule has 1 aliphatic heterocycles. The molecule has 1 fully saturated rings. The van der Waals surface area contributed by atoms with Crippen LogP contribution in [0.2, 0.25) is 0 Å². The number of hydrogen-bond acceptors (Lipinski definition) is 7. The van der Waals surface area contributed by atoms with Gasteiger partial charge in [-0.1, -0.05) is 13.3 Å². The van der Waals surface area contributed by atoms with E-state index in [9.17, 15) is 24.0 Å². The molecule has 0 spiro atoms. The molecule has 0 aromatic heterocycles. The van der Waals surface area contributed by atoms with Crippen LogP contribution in [0.1, 0.15) is 43.5 Å². The summed E-state index contributed by atoms with van der Waals surface area (Å²) >= 11 is 0. The Morgan fingerprint density at radius 1 is 0.944 bits per heavy atom. The molecule has 10 heteroatoms. The van der Waals surface area contributed by atoms with E-state index >= 15 is 0 Å². The SMILES string of the molecule is CCCCOC(=O)c1ccc(N2C[C@@H](C(=O)OCC(=O)Nc3ccc(NC(C)=O)cc3)CC2=O)cc1. The Hall–Kier alpha value is -4.21. The quantitative estimate of drug-likeness (QED) is 0.382. The van der Waals surface area contributed by atoms with E-state index in [1.807, 2.05) is 6.92 Å². The molecule has 0 saturated carbocycles. The van der Waals surface area contributed by atoms with E-state index in [0.29, 0.717) is 29.2 Å². The zero-order valence-electron chi connectivity index (χ0n) is 20.2. The second-order valence-corrected chi connectivity index (χ2v) is 8.36. The van der Waals surface area contributed by atoms with Crippen LogP contribution in [0.15, 0.2) is 48.5 Å². The molecule has 1 aliphatic rings. The predicted octanol–water partition coefficient (Wildman–Crippen LogP) is 3.14. The van der Waals surface area contributed by atoms with E-state index in [-0.39, 0.29) is 24.8 Å². The lowest BCUT2D eigenvalue weighted by Crippen LogP contribution is -2.28. The highest BCUT2D eigenvalue weighted by molar-refractivity contribution is 6.00. The smallest absolute Gasteiger partial charge is 0.338 e. The Morgan fingerprint density at radius 3 is 2.19 bits per heavy atom. The summed E-state index contributed by atoms with van der Waals surface area (Å²) in [6.07, 6.45) is 1.68. The molecule has 0 bridgehead atoms. The van der Waals surface area contributed by atoms with Crippen molar-refractivity contribution in [2.75, 3.05) is 35.3 Å². The molecule has 0 aliphatic carbocycles. The average Bonchev–Trinajstić information content (AvgIpc) is 3.25. The van der Waals surface area contributed by atoms with Gasteiger partial charge in [-0.3, -0.25) is 19.2 Å². The third-order valence-corrected chi connectivity index (χ3v) is 5.44. The first-order valence-corrected chi connectivity index (χ1v) is 11.7. The zero-order chi connectivity index (χ0) is 26.1. The van der Waals surface area contributed by atoms with E-state index in [2.05, 4.69) is 10.6 Å². The number of carbonyl (C=O) groups is 5. The van der Waals surface area contributed by atoms with E-state index in [1.54, 1.807) is 48.5 Å². The molecule has 0 unspecified atom stereocenters. The standard InChI is InChI=1S/C26H29N3O7/c1-3-4-13-35-25(33)18-5-11-22(12-6-18)29-15-19(14-24(29)32)26(34)36-16-23(31)28-21-9-7-20(8-10-21)27-17(2)30/h5-12,19H,3-4,13-16H2,1-2H3,(H,27,30)(H,28,31)/t19-/m0/s1. The Bertz CT molecular complexity index is 1110. The lowest BCUT2D eigenvalue weighted by Gasteiger charge is -2.17. The number of hydrogen-bond donors (Lipinski definition) is 2. The van der Waals surface area contributed by atoms with Gasteiger partial charge in [-0.15, -0.1) is 0 Å². The van der Waals surface area contributed by atoms with Gasteiger partial charge in [-0.05, 0) is 55.0 Å². The Morgan fingerprint density at radius 2 is 1.58 bits per heavy atom. The maximum atomic E-state index is 12.5. The number of nitrogens with zero attached hydrogens (tertiary/aromatic N) is 1. The molecule has 1 atom stereocenters. The fraction of sp³-hybridized carbons (Fsp3) is 0.346. The van der Waals surface area contributed by atoms with Gasteiger partial charge < -0.3 is 25.0 Å². The number of nitrogens with one attached hydrogen (secondary N) is 2. The van der Waals surface area contributed by atoms with Crippen LogP contribution in [0.4, 0.5) is 17.1 Å². The van der Waals surface area contributed by atoms with Crippen molar-refractivity contribution in [1.82, 2.24) is 0 Å². The summed E-state index contributed by atoms with van der Waals surface area (Å²) in [5, 5.41) is 5.22. The van der Waals surface area contributed by atoms with Crippen molar-refractivity contribution in [3.63, 3.8) is 0 Å². The van der Waals surface area contributed by atoms with Crippen LogP contribution in [0.25, 0.3) is 0 Å². The molecule has 10 nitrogen and oxygen atoms in total. The van der Waals surface area contributed by atoms with Crippen LogP contribution in [-0.4, -0.2) is 49.4 Å². The molecule has 2 aromatic rings. The summed E-state index contributed by atoms with van der Waals surface area (Å²) in [5.41, 5.74) is 2.00. The lowest BCUT2D eigenvalue weighted by atomic mass is 10.1. The van der Waals surface area contributed by atoms with Crippen molar-refractivity contribution in [3.05, 3.63) is 54.1 Å². The minimum Gasteiger partial charge on any atom is -0.462 e. The van der Waals surface area contributed by atoms with Crippen LogP contribution in [0.3, 0.4) is 0 Å². The van der Waals surface area contributed by atoms with Gasteiger partial charge >= 0.3 is 11.9 Å².